The normalized spacial score (nSPS) is 12.8. The van der Waals surface area contributed by atoms with Gasteiger partial charge in [-0.25, -0.2) is 0 Å². The Bertz CT molecular complexity index is 5070. The number of nitrogens with zero attached hydrogens (tertiary/aromatic N) is 2. The van der Waals surface area contributed by atoms with Crippen LogP contribution in [0.15, 0.2) is 279 Å². The average Bonchev–Trinajstić information content (AvgIpc) is 0.782. The minimum Gasteiger partial charge on any atom is -0.345 e. The van der Waals surface area contributed by atoms with E-state index in [4.69, 9.17) is 0 Å². The van der Waals surface area contributed by atoms with Gasteiger partial charge in [-0.05, 0) is 162 Å². The van der Waals surface area contributed by atoms with Crippen LogP contribution in [0.25, 0.3) is 75.4 Å². The Kier molecular flexibility index (Phi) is 15.9. The molecule has 14 rings (SSSR count). The summed E-state index contributed by atoms with van der Waals surface area (Å²) < 4.78 is 0. The topological polar surface area (TPSA) is 133 Å². The summed E-state index contributed by atoms with van der Waals surface area (Å²) in [5, 5.41) is 16.9. The molecular weight excluding hydrogens is 1160 g/mol. The number of carbonyl (C=O) groups is 6. The van der Waals surface area contributed by atoms with Gasteiger partial charge in [-0.2, -0.15) is 0 Å². The van der Waals surface area contributed by atoms with E-state index in [9.17, 15) is 9.59 Å². The summed E-state index contributed by atoms with van der Waals surface area (Å²) in [6.07, 6.45) is 0. The van der Waals surface area contributed by atoms with Crippen LogP contribution < -0.4 is 10.6 Å². The van der Waals surface area contributed by atoms with Crippen LogP contribution in [0.1, 0.15) is 136 Å². The summed E-state index contributed by atoms with van der Waals surface area (Å²) in [6.45, 7) is 7.58. The van der Waals surface area contributed by atoms with Crippen LogP contribution in [0.5, 0.6) is 0 Å². The van der Waals surface area contributed by atoms with E-state index >= 15 is 19.2 Å². The third-order valence-corrected chi connectivity index (χ3v) is 18.7. The first-order valence-corrected chi connectivity index (χ1v) is 31.7. The molecule has 0 fully saturated rings. The smallest absolute Gasteiger partial charge is 0.261 e. The maximum atomic E-state index is 16.2. The first kappa shape index (κ1) is 59.7. The van der Waals surface area contributed by atoms with Gasteiger partial charge >= 0.3 is 0 Å². The molecule has 10 heteroatoms. The van der Waals surface area contributed by atoms with Crippen molar-refractivity contribution in [3.8, 4) is 0 Å². The molecule has 0 heterocycles. The molecular formula is C84H64N4O6. The minimum absolute atomic E-state index is 0.143. The Morgan fingerprint density at radius 1 is 0.234 bits per heavy atom. The van der Waals surface area contributed by atoms with Crippen molar-refractivity contribution >= 4 is 111 Å². The number of hydrogen-bond acceptors (Lipinski definition) is 6. The number of hydrogen-bond donors (Lipinski definition) is 2. The Balaban J connectivity index is 0.851. The van der Waals surface area contributed by atoms with Crippen LogP contribution in [0.3, 0.4) is 0 Å². The van der Waals surface area contributed by atoms with Gasteiger partial charge in [0.05, 0.1) is 24.2 Å². The van der Waals surface area contributed by atoms with Gasteiger partial charge in [0, 0.05) is 33.4 Å². The Labute approximate surface area is 543 Å². The molecule has 0 aliphatic heterocycles. The number of imide groups is 2. The summed E-state index contributed by atoms with van der Waals surface area (Å²) in [5.74, 6) is -3.11. The highest BCUT2D eigenvalue weighted by Gasteiger charge is 2.37. The summed E-state index contributed by atoms with van der Waals surface area (Å²) in [7, 11) is 0. The molecule has 14 aromatic rings. The van der Waals surface area contributed by atoms with Crippen molar-refractivity contribution in [1.82, 2.24) is 20.4 Å². The van der Waals surface area contributed by atoms with Gasteiger partial charge in [0.1, 0.15) is 0 Å². The number of amides is 6. The predicted octanol–water partition coefficient (Wildman–Crippen LogP) is 18.8. The van der Waals surface area contributed by atoms with Crippen molar-refractivity contribution in [1.29, 1.82) is 0 Å². The molecule has 0 aliphatic carbocycles. The van der Waals surface area contributed by atoms with E-state index in [0.717, 1.165) is 65.3 Å². The lowest BCUT2D eigenvalue weighted by Gasteiger charge is -2.31. The quantitative estimate of drug-likeness (QED) is 0.104. The number of nitrogens with one attached hydrogen (secondary N) is 2. The lowest BCUT2D eigenvalue weighted by Crippen LogP contribution is -2.40. The summed E-state index contributed by atoms with van der Waals surface area (Å²) in [5.41, 5.74) is 4.82. The second kappa shape index (κ2) is 25.1. The fourth-order valence-electron chi connectivity index (χ4n) is 13.9. The monoisotopic (exact) mass is 1220 g/mol. The van der Waals surface area contributed by atoms with Crippen molar-refractivity contribution in [2.75, 3.05) is 0 Å². The van der Waals surface area contributed by atoms with E-state index in [2.05, 4.69) is 10.6 Å². The van der Waals surface area contributed by atoms with Gasteiger partial charge < -0.3 is 10.6 Å². The highest BCUT2D eigenvalue weighted by Crippen LogP contribution is 2.39. The summed E-state index contributed by atoms with van der Waals surface area (Å²) in [6, 6.07) is 84.3. The summed E-state index contributed by atoms with van der Waals surface area (Å²) >= 11 is 0. The van der Waals surface area contributed by atoms with Crippen LogP contribution >= 0.6 is 0 Å². The van der Waals surface area contributed by atoms with Crippen molar-refractivity contribution in [2.24, 2.45) is 0 Å². The van der Waals surface area contributed by atoms with Gasteiger partial charge in [0.2, 0.25) is 0 Å². The first-order chi connectivity index (χ1) is 45.8. The molecule has 10 nitrogen and oxygen atoms in total. The number of rotatable bonds is 14. The van der Waals surface area contributed by atoms with E-state index < -0.39 is 35.7 Å². The second-order valence-corrected chi connectivity index (χ2v) is 24.1. The van der Waals surface area contributed by atoms with Crippen LogP contribution in [-0.4, -0.2) is 45.2 Å². The van der Waals surface area contributed by atoms with Crippen molar-refractivity contribution in [2.45, 2.75) is 51.9 Å². The first-order valence-electron chi connectivity index (χ1n) is 31.7. The molecule has 456 valence electrons. The van der Waals surface area contributed by atoms with Crippen molar-refractivity contribution < 1.29 is 28.8 Å². The molecule has 94 heavy (non-hydrogen) atoms. The van der Waals surface area contributed by atoms with E-state index in [1.807, 2.05) is 234 Å². The van der Waals surface area contributed by atoms with Crippen LogP contribution in [0.2, 0.25) is 0 Å². The lowest BCUT2D eigenvalue weighted by atomic mass is 9.92. The molecule has 6 amide bonds. The fraction of sp³-hybridized carbons (Fsp3) is 0.0952. The van der Waals surface area contributed by atoms with Crippen LogP contribution in [0, 0.1) is 0 Å². The zero-order valence-electron chi connectivity index (χ0n) is 52.2. The fourth-order valence-corrected chi connectivity index (χ4v) is 13.9. The van der Waals surface area contributed by atoms with Gasteiger partial charge in [-0.3, -0.25) is 38.6 Å². The van der Waals surface area contributed by atoms with Gasteiger partial charge in [0.25, 0.3) is 35.4 Å². The van der Waals surface area contributed by atoms with Gasteiger partial charge in [-0.15, -0.1) is 0 Å². The van der Waals surface area contributed by atoms with Crippen molar-refractivity contribution in [3.63, 3.8) is 0 Å². The van der Waals surface area contributed by atoms with Crippen molar-refractivity contribution in [3.05, 3.63) is 335 Å². The third kappa shape index (κ3) is 10.7. The van der Waals surface area contributed by atoms with Gasteiger partial charge in [-0.1, -0.05) is 243 Å². The minimum atomic E-state index is -0.857. The zero-order chi connectivity index (χ0) is 64.7. The molecule has 0 spiro atoms. The van der Waals surface area contributed by atoms with E-state index in [1.165, 1.54) is 9.80 Å². The molecule has 14 aromatic carbocycles. The standard InChI is InChI=1S/C84H64N4O6/c1-51(59-41-19-27-55-23-5-9-31-63(55)59)85-79(89)73-45-47-75(69-37-15-13-35-67(69)73)81(91)87(53(3)61-43-21-29-57-25-7-11-33-65(57)61)83(93)77-49-50-78(72-40-18-17-39-71(72)77)84(94)88(54(4)62-44-22-30-58-26-8-12-34-66(58)62)82(92)76-48-46-74(68-36-14-16-38-70(68)76)80(90)86-52(2)60-42-20-28-56-24-6-10-32-64(56)60/h5-54H,1-4H3,(H,85,89)(H,86,90)/t51-,52-,53-,54-/m0/s1. The molecule has 4 atom stereocenters. The number of carbonyl (C=O) groups excluding carboxylic acids is 6. The van der Waals surface area contributed by atoms with E-state index in [1.54, 1.807) is 72.8 Å². The number of benzene rings is 14. The van der Waals surface area contributed by atoms with Gasteiger partial charge in [0.15, 0.2) is 0 Å². The number of fused-ring (bicyclic) bond motifs is 7. The lowest BCUT2D eigenvalue weighted by molar-refractivity contribution is 0.0541. The van der Waals surface area contributed by atoms with E-state index in [-0.39, 0.29) is 46.2 Å². The zero-order valence-corrected chi connectivity index (χ0v) is 52.2. The predicted molar refractivity (Wildman–Crippen MR) is 377 cm³/mol. The molecule has 0 saturated heterocycles. The third-order valence-electron chi connectivity index (χ3n) is 18.7. The molecule has 0 saturated carbocycles. The molecule has 0 radical (unpaired) electrons. The van der Waals surface area contributed by atoms with Crippen LogP contribution in [-0.2, 0) is 0 Å². The molecule has 0 unspecified atom stereocenters. The highest BCUT2D eigenvalue weighted by molar-refractivity contribution is 6.24. The largest absolute Gasteiger partial charge is 0.345 e. The second-order valence-electron chi connectivity index (χ2n) is 24.1. The Morgan fingerprint density at radius 2 is 0.436 bits per heavy atom. The molecule has 2 N–H and O–H groups in total. The SMILES string of the molecule is C[C@H](NC(=O)c1ccc(C(=O)N(C(=O)c2ccc(C(=O)N(C(=O)c3ccc(C(=O)N[C@@H](C)c4cccc5ccccc45)c4ccccc34)[C@@H](C)c3cccc4ccccc34)c3ccccc23)[C@@H](C)c2cccc3ccccc23)c2ccccc12)c1cccc2ccccc12. The highest BCUT2D eigenvalue weighted by atomic mass is 16.2. The molecule has 0 bridgehead atoms. The van der Waals surface area contributed by atoms with Crippen LogP contribution in [0.4, 0.5) is 0 Å². The van der Waals surface area contributed by atoms with E-state index in [0.29, 0.717) is 43.4 Å². The molecule has 0 aromatic heterocycles. The maximum absolute atomic E-state index is 16.2. The average molecular weight is 1230 g/mol. The summed E-state index contributed by atoms with van der Waals surface area (Å²) in [4.78, 5) is 95.8. The Morgan fingerprint density at radius 3 is 0.713 bits per heavy atom. The maximum Gasteiger partial charge on any atom is 0.261 e. The Hall–Kier alpha value is -11.9. The molecule has 0 aliphatic rings.